The highest BCUT2D eigenvalue weighted by Gasteiger charge is 2.13. The summed E-state index contributed by atoms with van der Waals surface area (Å²) in [5.74, 6) is 5.01. The third kappa shape index (κ3) is 5.26. The van der Waals surface area contributed by atoms with E-state index in [0.29, 0.717) is 16.5 Å². The summed E-state index contributed by atoms with van der Waals surface area (Å²) < 4.78 is 10.0. The number of nitrogens with one attached hydrogen (secondary N) is 2. The molecular weight excluding hydrogens is 384 g/mol. The van der Waals surface area contributed by atoms with Crippen molar-refractivity contribution >= 4 is 23.0 Å². The molecule has 1 aromatic heterocycles. The van der Waals surface area contributed by atoms with Crippen LogP contribution in [0.2, 0.25) is 0 Å². The number of esters is 1. The zero-order chi connectivity index (χ0) is 21.3. The molecule has 0 aliphatic heterocycles. The summed E-state index contributed by atoms with van der Waals surface area (Å²) in [7, 11) is 0. The Labute approximate surface area is 173 Å². The van der Waals surface area contributed by atoms with Crippen molar-refractivity contribution in [1.29, 1.82) is 0 Å². The van der Waals surface area contributed by atoms with Crippen molar-refractivity contribution in [2.45, 2.75) is 13.5 Å². The Balaban J connectivity index is 1.63. The summed E-state index contributed by atoms with van der Waals surface area (Å²) in [6.07, 6.45) is 0.779. The zero-order valence-electron chi connectivity index (χ0n) is 16.4. The first kappa shape index (κ1) is 20.7. The van der Waals surface area contributed by atoms with Crippen molar-refractivity contribution in [3.63, 3.8) is 0 Å². The van der Waals surface area contributed by atoms with Crippen LogP contribution < -0.4 is 10.7 Å². The van der Waals surface area contributed by atoms with E-state index >= 15 is 0 Å². The van der Waals surface area contributed by atoms with Crippen LogP contribution in [-0.2, 0) is 16.1 Å². The van der Waals surface area contributed by atoms with Crippen molar-refractivity contribution < 1.29 is 19.1 Å². The number of hydrogen-bond donors (Lipinski definition) is 2. The van der Waals surface area contributed by atoms with E-state index in [-0.39, 0.29) is 25.3 Å². The first-order chi connectivity index (χ1) is 14.6. The smallest absolute Gasteiger partial charge is 0.408 e. The van der Waals surface area contributed by atoms with Gasteiger partial charge in [0.2, 0.25) is 5.43 Å². The fourth-order valence-electron chi connectivity index (χ4n) is 2.69. The molecule has 0 aliphatic rings. The van der Waals surface area contributed by atoms with E-state index in [2.05, 4.69) is 22.1 Å². The monoisotopic (exact) mass is 404 g/mol. The van der Waals surface area contributed by atoms with Crippen molar-refractivity contribution in [1.82, 2.24) is 10.3 Å². The minimum Gasteiger partial charge on any atom is -0.462 e. The molecule has 0 saturated heterocycles. The first-order valence-corrected chi connectivity index (χ1v) is 9.34. The normalized spacial score (nSPS) is 10.0. The Morgan fingerprint density at radius 2 is 1.90 bits per heavy atom. The van der Waals surface area contributed by atoms with Crippen LogP contribution in [0.4, 0.5) is 4.79 Å². The lowest BCUT2D eigenvalue weighted by molar-refractivity contribution is 0.0524. The molecule has 152 valence electrons. The van der Waals surface area contributed by atoms with Crippen LogP contribution in [0.3, 0.4) is 0 Å². The largest absolute Gasteiger partial charge is 0.462 e. The van der Waals surface area contributed by atoms with E-state index in [9.17, 15) is 14.4 Å². The van der Waals surface area contributed by atoms with Gasteiger partial charge in [0.1, 0.15) is 12.2 Å². The number of fused-ring (bicyclic) bond motifs is 1. The number of H-pyrrole nitrogens is 1. The fraction of sp³-hybridized carbons (Fsp3) is 0.174. The molecule has 3 aromatic rings. The number of carbonyl (C=O) groups is 2. The summed E-state index contributed by atoms with van der Waals surface area (Å²) >= 11 is 0. The van der Waals surface area contributed by atoms with Gasteiger partial charge in [0.25, 0.3) is 0 Å². The Kier molecular flexibility index (Phi) is 6.85. The van der Waals surface area contributed by atoms with Crippen LogP contribution in [-0.4, -0.2) is 30.2 Å². The van der Waals surface area contributed by atoms with Gasteiger partial charge in [0, 0.05) is 22.7 Å². The van der Waals surface area contributed by atoms with Crippen LogP contribution >= 0.6 is 0 Å². The lowest BCUT2D eigenvalue weighted by Gasteiger charge is -2.04. The summed E-state index contributed by atoms with van der Waals surface area (Å²) in [5, 5.41) is 2.88. The number of rotatable bonds is 5. The Morgan fingerprint density at radius 1 is 1.10 bits per heavy atom. The maximum atomic E-state index is 12.6. The Bertz CT molecular complexity index is 1170. The van der Waals surface area contributed by atoms with Gasteiger partial charge < -0.3 is 19.8 Å². The van der Waals surface area contributed by atoms with Crippen LogP contribution in [0.1, 0.15) is 28.4 Å². The van der Waals surface area contributed by atoms with Crippen molar-refractivity contribution in [3.05, 3.63) is 81.6 Å². The predicted octanol–water partition coefficient (Wildman–Crippen LogP) is 2.98. The molecule has 0 radical (unpaired) electrons. The van der Waals surface area contributed by atoms with Crippen LogP contribution in [0.5, 0.6) is 0 Å². The number of alkyl carbamates (subject to hydrolysis) is 1. The highest BCUT2D eigenvalue weighted by atomic mass is 16.5. The van der Waals surface area contributed by atoms with Gasteiger partial charge in [-0.05, 0) is 30.7 Å². The number of benzene rings is 2. The van der Waals surface area contributed by atoms with Gasteiger partial charge in [0.05, 0.1) is 13.2 Å². The molecule has 2 aromatic carbocycles. The highest BCUT2D eigenvalue weighted by molar-refractivity contribution is 5.93. The first-order valence-electron chi connectivity index (χ1n) is 9.34. The van der Waals surface area contributed by atoms with E-state index < -0.39 is 17.5 Å². The lowest BCUT2D eigenvalue weighted by Crippen LogP contribution is -2.24. The molecule has 0 atom stereocenters. The Morgan fingerprint density at radius 3 is 2.67 bits per heavy atom. The highest BCUT2D eigenvalue weighted by Crippen LogP contribution is 2.11. The summed E-state index contributed by atoms with van der Waals surface area (Å²) in [4.78, 5) is 39.1. The van der Waals surface area contributed by atoms with Crippen molar-refractivity contribution in [3.8, 4) is 11.8 Å². The number of amides is 1. The average molecular weight is 404 g/mol. The quantitative estimate of drug-likeness (QED) is 0.503. The van der Waals surface area contributed by atoms with Crippen LogP contribution in [0.25, 0.3) is 10.9 Å². The van der Waals surface area contributed by atoms with Gasteiger partial charge in [-0.2, -0.15) is 0 Å². The molecule has 0 spiro atoms. The Hall–Kier alpha value is -4.05. The van der Waals surface area contributed by atoms with E-state index in [1.807, 2.05) is 30.3 Å². The molecular formula is C23H20N2O5. The van der Waals surface area contributed by atoms with Gasteiger partial charge >= 0.3 is 12.1 Å². The number of carbonyl (C=O) groups excluding carboxylic acids is 2. The summed E-state index contributed by atoms with van der Waals surface area (Å²) in [6, 6.07) is 14.4. The molecule has 1 heterocycles. The summed E-state index contributed by atoms with van der Waals surface area (Å²) in [6.45, 7) is 2.12. The SMILES string of the molecule is CCOC(=O)c1c[nH]c2ccc(C#CCNC(=O)OCc3ccccc3)cc2c1=O. The third-order valence-corrected chi connectivity index (χ3v) is 4.14. The minimum absolute atomic E-state index is 0.0581. The fourth-order valence-corrected chi connectivity index (χ4v) is 2.69. The molecule has 7 heteroatoms. The van der Waals surface area contributed by atoms with Gasteiger partial charge in [-0.3, -0.25) is 4.79 Å². The van der Waals surface area contributed by atoms with Gasteiger partial charge in [-0.15, -0.1) is 0 Å². The molecule has 0 fully saturated rings. The minimum atomic E-state index is -0.671. The van der Waals surface area contributed by atoms with Crippen molar-refractivity contribution in [2.75, 3.05) is 13.2 Å². The van der Waals surface area contributed by atoms with E-state index in [1.54, 1.807) is 25.1 Å². The molecule has 3 rings (SSSR count). The summed E-state index contributed by atoms with van der Waals surface area (Å²) in [5.41, 5.74) is 1.57. The standard InChI is InChI=1S/C23H20N2O5/c1-2-29-22(27)19-14-25-20-11-10-16(13-18(20)21(19)26)9-6-12-24-23(28)30-15-17-7-4-3-5-8-17/h3-5,7-8,10-11,13-14H,2,12,15H2,1H3,(H,24,28)(H,25,26). The molecule has 7 nitrogen and oxygen atoms in total. The second-order valence-electron chi connectivity index (χ2n) is 6.23. The molecule has 0 bridgehead atoms. The number of hydrogen-bond acceptors (Lipinski definition) is 5. The second kappa shape index (κ2) is 9.94. The molecule has 1 amide bonds. The molecule has 0 aliphatic carbocycles. The van der Waals surface area contributed by atoms with Crippen LogP contribution in [0, 0.1) is 11.8 Å². The molecule has 0 unspecified atom stereocenters. The lowest BCUT2D eigenvalue weighted by atomic mass is 10.1. The zero-order valence-corrected chi connectivity index (χ0v) is 16.4. The maximum absolute atomic E-state index is 12.6. The number of ether oxygens (including phenoxy) is 2. The van der Waals surface area contributed by atoms with Gasteiger partial charge in [-0.25, -0.2) is 9.59 Å². The number of aromatic amines is 1. The molecule has 2 N–H and O–H groups in total. The van der Waals surface area contributed by atoms with Gasteiger partial charge in [0.15, 0.2) is 0 Å². The van der Waals surface area contributed by atoms with E-state index in [0.717, 1.165) is 5.56 Å². The average Bonchev–Trinajstić information content (AvgIpc) is 2.76. The van der Waals surface area contributed by atoms with Crippen molar-refractivity contribution in [2.24, 2.45) is 0 Å². The van der Waals surface area contributed by atoms with Gasteiger partial charge in [-0.1, -0.05) is 42.2 Å². The predicted molar refractivity (Wildman–Crippen MR) is 112 cm³/mol. The van der Waals surface area contributed by atoms with Crippen LogP contribution in [0.15, 0.2) is 59.5 Å². The maximum Gasteiger partial charge on any atom is 0.408 e. The topological polar surface area (TPSA) is 97.5 Å². The van der Waals surface area contributed by atoms with E-state index in [4.69, 9.17) is 9.47 Å². The molecule has 30 heavy (non-hydrogen) atoms. The molecule has 0 saturated carbocycles. The second-order valence-corrected chi connectivity index (χ2v) is 6.23. The van der Waals surface area contributed by atoms with E-state index in [1.165, 1.54) is 6.20 Å². The number of aromatic nitrogens is 1. The third-order valence-electron chi connectivity index (χ3n) is 4.14. The number of pyridine rings is 1.